The third-order valence-electron chi connectivity index (χ3n) is 4.08. The van der Waals surface area contributed by atoms with Gasteiger partial charge in [-0.1, -0.05) is 6.07 Å². The van der Waals surface area contributed by atoms with E-state index in [1.54, 1.807) is 67.6 Å². The van der Waals surface area contributed by atoms with Crippen molar-refractivity contribution in [2.45, 2.75) is 20.0 Å². The Balaban J connectivity index is 1.59. The molecule has 0 saturated heterocycles. The predicted molar refractivity (Wildman–Crippen MR) is 108 cm³/mol. The minimum Gasteiger partial charge on any atom is -0.481 e. The van der Waals surface area contributed by atoms with Crippen LogP contribution in [0.2, 0.25) is 0 Å². The van der Waals surface area contributed by atoms with Gasteiger partial charge in [0.25, 0.3) is 11.8 Å². The van der Waals surface area contributed by atoms with E-state index in [1.165, 1.54) is 13.2 Å². The van der Waals surface area contributed by atoms with Crippen LogP contribution in [0.25, 0.3) is 0 Å². The zero-order valence-corrected chi connectivity index (χ0v) is 16.0. The molecule has 0 unspecified atom stereocenters. The van der Waals surface area contributed by atoms with Gasteiger partial charge in [0, 0.05) is 16.9 Å². The van der Waals surface area contributed by atoms with Gasteiger partial charge in [-0.3, -0.25) is 14.4 Å². The number of carbonyl (C=O) groups is 3. The van der Waals surface area contributed by atoms with Crippen molar-refractivity contribution in [2.24, 2.45) is 0 Å². The summed E-state index contributed by atoms with van der Waals surface area (Å²) >= 11 is 0. The van der Waals surface area contributed by atoms with Crippen LogP contribution in [-0.2, 0) is 4.79 Å². The van der Waals surface area contributed by atoms with E-state index in [1.807, 2.05) is 0 Å². The van der Waals surface area contributed by atoms with Crippen LogP contribution in [0.4, 0.5) is 11.4 Å². The standard InChI is InChI=1S/C22H20N2O5/c1-14(25)16-8-10-19(11-9-16)29-15(2)21(26)23-17-5-3-6-18(13-17)24-22(27)20-7-4-12-28-20/h3-13,15H,1-2H3,(H,23,26)(H,24,27)/t15-/m1/s1. The Bertz CT molecular complexity index is 1010. The van der Waals surface area contributed by atoms with Crippen molar-refractivity contribution in [1.29, 1.82) is 0 Å². The fourth-order valence-electron chi connectivity index (χ4n) is 2.54. The molecule has 2 amide bonds. The number of ketones is 1. The molecule has 0 bridgehead atoms. The molecule has 2 aromatic carbocycles. The van der Waals surface area contributed by atoms with E-state index in [9.17, 15) is 14.4 Å². The average Bonchev–Trinajstić information content (AvgIpc) is 3.23. The molecular formula is C22H20N2O5. The number of carbonyl (C=O) groups excluding carboxylic acids is 3. The summed E-state index contributed by atoms with van der Waals surface area (Å²) in [5, 5.41) is 5.45. The van der Waals surface area contributed by atoms with Gasteiger partial charge in [-0.25, -0.2) is 0 Å². The predicted octanol–water partition coefficient (Wildman–Crippen LogP) is 4.14. The third-order valence-corrected chi connectivity index (χ3v) is 4.08. The van der Waals surface area contributed by atoms with E-state index in [0.717, 1.165) is 0 Å². The molecule has 7 heteroatoms. The van der Waals surface area contributed by atoms with Gasteiger partial charge in [0.15, 0.2) is 17.6 Å². The SMILES string of the molecule is CC(=O)c1ccc(O[C@H](C)C(=O)Nc2cccc(NC(=O)c3ccco3)c2)cc1. The van der Waals surface area contributed by atoms with Gasteiger partial charge in [0.05, 0.1) is 6.26 Å². The van der Waals surface area contributed by atoms with Crippen LogP contribution < -0.4 is 15.4 Å². The van der Waals surface area contributed by atoms with Gasteiger partial charge in [0.1, 0.15) is 5.75 Å². The van der Waals surface area contributed by atoms with E-state index in [0.29, 0.717) is 22.7 Å². The molecule has 2 N–H and O–H groups in total. The number of anilines is 2. The molecule has 0 aliphatic carbocycles. The Morgan fingerprint density at radius 3 is 2.24 bits per heavy atom. The first-order valence-electron chi connectivity index (χ1n) is 8.96. The van der Waals surface area contributed by atoms with Crippen molar-refractivity contribution in [3.63, 3.8) is 0 Å². The Morgan fingerprint density at radius 1 is 0.931 bits per heavy atom. The number of rotatable bonds is 7. The van der Waals surface area contributed by atoms with Crippen molar-refractivity contribution >= 4 is 29.0 Å². The number of furan rings is 1. The highest BCUT2D eigenvalue weighted by atomic mass is 16.5. The average molecular weight is 392 g/mol. The lowest BCUT2D eigenvalue weighted by molar-refractivity contribution is -0.122. The second kappa shape index (κ2) is 8.88. The van der Waals surface area contributed by atoms with Crippen LogP contribution in [-0.4, -0.2) is 23.7 Å². The highest BCUT2D eigenvalue weighted by Crippen LogP contribution is 2.18. The van der Waals surface area contributed by atoms with E-state index in [-0.39, 0.29) is 23.4 Å². The second-order valence-electron chi connectivity index (χ2n) is 6.34. The molecule has 3 aromatic rings. The molecule has 148 valence electrons. The third kappa shape index (κ3) is 5.32. The first kappa shape index (κ1) is 19.9. The first-order chi connectivity index (χ1) is 13.9. The smallest absolute Gasteiger partial charge is 0.291 e. The van der Waals surface area contributed by atoms with Gasteiger partial charge in [0.2, 0.25) is 0 Å². The van der Waals surface area contributed by atoms with Crippen molar-refractivity contribution in [1.82, 2.24) is 0 Å². The summed E-state index contributed by atoms with van der Waals surface area (Å²) in [6, 6.07) is 16.5. The van der Waals surface area contributed by atoms with Gasteiger partial charge in [-0.15, -0.1) is 0 Å². The molecule has 0 saturated carbocycles. The number of Topliss-reactive ketones (excluding diaryl/α,β-unsaturated/α-hetero) is 1. The van der Waals surface area contributed by atoms with Crippen LogP contribution >= 0.6 is 0 Å². The van der Waals surface area contributed by atoms with Gasteiger partial charge < -0.3 is 19.8 Å². The maximum absolute atomic E-state index is 12.4. The van der Waals surface area contributed by atoms with Crippen LogP contribution in [0.5, 0.6) is 5.75 Å². The fourth-order valence-corrected chi connectivity index (χ4v) is 2.54. The Labute approximate surface area is 167 Å². The number of ether oxygens (including phenoxy) is 1. The van der Waals surface area contributed by atoms with E-state index >= 15 is 0 Å². The zero-order valence-electron chi connectivity index (χ0n) is 16.0. The Kier molecular flexibility index (Phi) is 6.09. The highest BCUT2D eigenvalue weighted by Gasteiger charge is 2.16. The monoisotopic (exact) mass is 392 g/mol. The number of hydrogen-bond donors (Lipinski definition) is 2. The fraction of sp³-hybridized carbons (Fsp3) is 0.136. The maximum atomic E-state index is 12.4. The van der Waals surface area contributed by atoms with E-state index < -0.39 is 6.10 Å². The minimum atomic E-state index is -0.764. The summed E-state index contributed by atoms with van der Waals surface area (Å²) in [6.07, 6.45) is 0.653. The summed E-state index contributed by atoms with van der Waals surface area (Å²) in [5.74, 6) is -0.102. The molecule has 0 aliphatic heterocycles. The molecule has 0 fully saturated rings. The second-order valence-corrected chi connectivity index (χ2v) is 6.34. The number of amides is 2. The topological polar surface area (TPSA) is 97.6 Å². The van der Waals surface area contributed by atoms with Crippen molar-refractivity contribution in [3.05, 3.63) is 78.3 Å². The number of nitrogens with one attached hydrogen (secondary N) is 2. The molecule has 0 aliphatic rings. The Morgan fingerprint density at radius 2 is 1.62 bits per heavy atom. The lowest BCUT2D eigenvalue weighted by Gasteiger charge is -2.15. The van der Waals surface area contributed by atoms with Crippen molar-refractivity contribution in [3.8, 4) is 5.75 Å². The molecule has 1 atom stereocenters. The maximum Gasteiger partial charge on any atom is 0.291 e. The lowest BCUT2D eigenvalue weighted by Crippen LogP contribution is -2.30. The van der Waals surface area contributed by atoms with Gasteiger partial charge in [-0.05, 0) is 68.4 Å². The molecular weight excluding hydrogens is 372 g/mol. The van der Waals surface area contributed by atoms with E-state index in [4.69, 9.17) is 9.15 Å². The molecule has 1 heterocycles. The van der Waals surface area contributed by atoms with Gasteiger partial charge >= 0.3 is 0 Å². The molecule has 0 radical (unpaired) electrons. The van der Waals surface area contributed by atoms with Gasteiger partial charge in [-0.2, -0.15) is 0 Å². The lowest BCUT2D eigenvalue weighted by atomic mass is 10.1. The van der Waals surface area contributed by atoms with Crippen molar-refractivity contribution in [2.75, 3.05) is 10.6 Å². The highest BCUT2D eigenvalue weighted by molar-refractivity contribution is 6.03. The summed E-state index contributed by atoms with van der Waals surface area (Å²) in [5.41, 5.74) is 1.59. The zero-order chi connectivity index (χ0) is 20.8. The first-order valence-corrected chi connectivity index (χ1v) is 8.96. The van der Waals surface area contributed by atoms with Crippen LogP contribution in [0.15, 0.2) is 71.3 Å². The minimum absolute atomic E-state index is 0.0404. The summed E-state index contributed by atoms with van der Waals surface area (Å²) < 4.78 is 10.7. The van der Waals surface area contributed by atoms with E-state index in [2.05, 4.69) is 10.6 Å². The molecule has 7 nitrogen and oxygen atoms in total. The largest absolute Gasteiger partial charge is 0.481 e. The summed E-state index contributed by atoms with van der Waals surface area (Å²) in [7, 11) is 0. The van der Waals surface area contributed by atoms with Crippen LogP contribution in [0, 0.1) is 0 Å². The molecule has 1 aromatic heterocycles. The quantitative estimate of drug-likeness (QED) is 0.589. The summed E-state index contributed by atoms with van der Waals surface area (Å²) in [4.78, 5) is 35.8. The van der Waals surface area contributed by atoms with Crippen LogP contribution in [0.3, 0.4) is 0 Å². The summed E-state index contributed by atoms with van der Waals surface area (Å²) in [6.45, 7) is 3.11. The molecule has 29 heavy (non-hydrogen) atoms. The number of hydrogen-bond acceptors (Lipinski definition) is 5. The molecule has 0 spiro atoms. The molecule has 3 rings (SSSR count). The number of benzene rings is 2. The normalized spacial score (nSPS) is 11.4. The Hall–Kier alpha value is -3.87. The van der Waals surface area contributed by atoms with Crippen LogP contribution in [0.1, 0.15) is 34.8 Å². The van der Waals surface area contributed by atoms with Crippen molar-refractivity contribution < 1.29 is 23.5 Å².